The second-order valence-electron chi connectivity index (χ2n) is 4.46. The van der Waals surface area contributed by atoms with Crippen LogP contribution in [0.25, 0.3) is 0 Å². The molecule has 0 aliphatic carbocycles. The van der Waals surface area contributed by atoms with Crippen molar-refractivity contribution in [1.29, 1.82) is 0 Å². The van der Waals surface area contributed by atoms with E-state index in [0.29, 0.717) is 6.54 Å². The number of carboxylic acid groups (broad SMARTS) is 1. The summed E-state index contributed by atoms with van der Waals surface area (Å²) in [4.78, 5) is 18.5. The van der Waals surface area contributed by atoms with Crippen LogP contribution in [0, 0.1) is 5.82 Å². The maximum atomic E-state index is 13.0. The molecule has 0 spiro atoms. The summed E-state index contributed by atoms with van der Waals surface area (Å²) in [6.45, 7) is 3.80. The fraction of sp³-hybridized carbons (Fsp3) is 0.500. The van der Waals surface area contributed by atoms with Gasteiger partial charge in [-0.25, -0.2) is 4.39 Å². The van der Waals surface area contributed by atoms with Gasteiger partial charge >= 0.3 is 5.97 Å². The lowest BCUT2D eigenvalue weighted by Gasteiger charge is -2.33. The predicted octanol–water partition coefficient (Wildman–Crippen LogP) is 0.423. The maximum Gasteiger partial charge on any atom is 0.317 e. The van der Waals surface area contributed by atoms with Crippen LogP contribution in [0.4, 0.5) is 4.39 Å². The summed E-state index contributed by atoms with van der Waals surface area (Å²) in [5, 5.41) is 8.69. The molecule has 0 amide bonds. The zero-order chi connectivity index (χ0) is 13.0. The monoisotopic (exact) mass is 253 g/mol. The first-order chi connectivity index (χ1) is 8.63. The second-order valence-corrected chi connectivity index (χ2v) is 4.46. The molecule has 0 bridgehead atoms. The first kappa shape index (κ1) is 12.9. The first-order valence-corrected chi connectivity index (χ1v) is 5.89. The zero-order valence-electron chi connectivity index (χ0n) is 10.0. The Bertz CT molecular complexity index is 420. The van der Waals surface area contributed by atoms with Gasteiger partial charge in [0.2, 0.25) is 0 Å². The second kappa shape index (κ2) is 5.88. The summed E-state index contributed by atoms with van der Waals surface area (Å²) in [6, 6.07) is 1.48. The third-order valence-corrected chi connectivity index (χ3v) is 2.99. The number of carbonyl (C=O) groups is 1. The number of nitrogens with zero attached hydrogens (tertiary/aromatic N) is 3. The average molecular weight is 253 g/mol. The van der Waals surface area contributed by atoms with Gasteiger partial charge in [0, 0.05) is 38.9 Å². The van der Waals surface area contributed by atoms with Gasteiger partial charge in [-0.3, -0.25) is 19.6 Å². The van der Waals surface area contributed by atoms with Gasteiger partial charge in [0.25, 0.3) is 0 Å². The van der Waals surface area contributed by atoms with E-state index in [2.05, 4.69) is 9.88 Å². The lowest BCUT2D eigenvalue weighted by molar-refractivity contribution is -0.138. The summed E-state index contributed by atoms with van der Waals surface area (Å²) in [5.74, 6) is -1.12. The van der Waals surface area contributed by atoms with E-state index >= 15 is 0 Å². The maximum absolute atomic E-state index is 13.0. The lowest BCUT2D eigenvalue weighted by atomic mass is 10.2. The Balaban J connectivity index is 1.81. The molecule has 2 heterocycles. The van der Waals surface area contributed by atoms with E-state index in [1.807, 2.05) is 4.90 Å². The van der Waals surface area contributed by atoms with Crippen molar-refractivity contribution in [3.05, 3.63) is 29.8 Å². The smallest absolute Gasteiger partial charge is 0.317 e. The lowest BCUT2D eigenvalue weighted by Crippen LogP contribution is -2.47. The number of hydrogen-bond donors (Lipinski definition) is 1. The molecule has 6 heteroatoms. The molecule has 1 fully saturated rings. The topological polar surface area (TPSA) is 56.7 Å². The number of halogens is 1. The number of hydrogen-bond acceptors (Lipinski definition) is 4. The highest BCUT2D eigenvalue weighted by molar-refractivity contribution is 5.69. The largest absolute Gasteiger partial charge is 0.480 e. The molecule has 0 radical (unpaired) electrons. The molecule has 0 saturated carbocycles. The molecule has 18 heavy (non-hydrogen) atoms. The molecule has 1 aliphatic heterocycles. The summed E-state index contributed by atoms with van der Waals surface area (Å²) >= 11 is 0. The highest BCUT2D eigenvalue weighted by Gasteiger charge is 2.18. The van der Waals surface area contributed by atoms with Crippen LogP contribution in [0.1, 0.15) is 5.56 Å². The fourth-order valence-corrected chi connectivity index (χ4v) is 2.10. The van der Waals surface area contributed by atoms with E-state index in [9.17, 15) is 9.18 Å². The van der Waals surface area contributed by atoms with Gasteiger partial charge in [-0.05, 0) is 11.6 Å². The molecule has 98 valence electrons. The van der Waals surface area contributed by atoms with E-state index in [1.165, 1.54) is 12.3 Å². The molecular formula is C12H16FN3O2. The number of pyridine rings is 1. The number of aromatic nitrogens is 1. The van der Waals surface area contributed by atoms with Crippen molar-refractivity contribution in [3.8, 4) is 0 Å². The van der Waals surface area contributed by atoms with Crippen molar-refractivity contribution in [3.63, 3.8) is 0 Å². The number of piperazine rings is 1. The van der Waals surface area contributed by atoms with E-state index in [1.54, 1.807) is 6.20 Å². The normalized spacial score (nSPS) is 17.8. The molecule has 0 aromatic carbocycles. The quantitative estimate of drug-likeness (QED) is 0.843. The van der Waals surface area contributed by atoms with Gasteiger partial charge in [-0.1, -0.05) is 0 Å². The third-order valence-electron chi connectivity index (χ3n) is 2.99. The van der Waals surface area contributed by atoms with Crippen molar-refractivity contribution in [2.75, 3.05) is 32.7 Å². The molecule has 5 nitrogen and oxygen atoms in total. The van der Waals surface area contributed by atoms with Gasteiger partial charge in [-0.2, -0.15) is 0 Å². The molecule has 1 aromatic rings. The average Bonchev–Trinajstić information content (AvgIpc) is 2.31. The highest BCUT2D eigenvalue weighted by Crippen LogP contribution is 2.08. The summed E-state index contributed by atoms with van der Waals surface area (Å²) in [7, 11) is 0. The van der Waals surface area contributed by atoms with Crippen LogP contribution >= 0.6 is 0 Å². The Morgan fingerprint density at radius 1 is 1.28 bits per heavy atom. The zero-order valence-corrected chi connectivity index (χ0v) is 10.0. The van der Waals surface area contributed by atoms with E-state index in [-0.39, 0.29) is 12.4 Å². The van der Waals surface area contributed by atoms with E-state index < -0.39 is 5.97 Å². The van der Waals surface area contributed by atoms with Crippen LogP contribution in [0.15, 0.2) is 18.5 Å². The number of aliphatic carboxylic acids is 1. The Hall–Kier alpha value is -1.53. The molecular weight excluding hydrogens is 237 g/mol. The standard InChI is InChI=1S/C12H16FN3O2/c13-11-5-10(6-14-7-11)8-15-1-3-16(4-2-15)9-12(17)18/h5-7H,1-4,8-9H2,(H,17,18). The highest BCUT2D eigenvalue weighted by atomic mass is 19.1. The summed E-state index contributed by atoms with van der Waals surface area (Å²) in [5.41, 5.74) is 0.849. The van der Waals surface area contributed by atoms with Gasteiger partial charge < -0.3 is 5.11 Å². The molecule has 1 aliphatic rings. The Kier molecular flexibility index (Phi) is 4.22. The van der Waals surface area contributed by atoms with E-state index in [0.717, 1.165) is 31.7 Å². The van der Waals surface area contributed by atoms with Crippen LogP contribution in [0.3, 0.4) is 0 Å². The predicted molar refractivity (Wildman–Crippen MR) is 63.5 cm³/mol. The fourth-order valence-electron chi connectivity index (χ4n) is 2.10. The molecule has 1 aromatic heterocycles. The summed E-state index contributed by atoms with van der Waals surface area (Å²) in [6.07, 6.45) is 2.85. The summed E-state index contributed by atoms with van der Waals surface area (Å²) < 4.78 is 13.0. The van der Waals surface area contributed by atoms with Gasteiger partial charge in [0.05, 0.1) is 12.7 Å². The van der Waals surface area contributed by atoms with Crippen molar-refractivity contribution in [1.82, 2.24) is 14.8 Å². The molecule has 0 atom stereocenters. The van der Waals surface area contributed by atoms with Crippen molar-refractivity contribution < 1.29 is 14.3 Å². The van der Waals surface area contributed by atoms with Gasteiger partial charge in [0.15, 0.2) is 0 Å². The van der Waals surface area contributed by atoms with Crippen molar-refractivity contribution >= 4 is 5.97 Å². The number of rotatable bonds is 4. The number of carboxylic acids is 1. The minimum Gasteiger partial charge on any atom is -0.480 e. The molecule has 0 unspecified atom stereocenters. The molecule has 2 rings (SSSR count). The Morgan fingerprint density at radius 2 is 1.94 bits per heavy atom. The minimum absolute atomic E-state index is 0.0926. The van der Waals surface area contributed by atoms with Crippen LogP contribution in [-0.2, 0) is 11.3 Å². The van der Waals surface area contributed by atoms with E-state index in [4.69, 9.17) is 5.11 Å². The van der Waals surface area contributed by atoms with Crippen LogP contribution in [0.5, 0.6) is 0 Å². The minimum atomic E-state index is -0.794. The third kappa shape index (κ3) is 3.75. The first-order valence-electron chi connectivity index (χ1n) is 5.89. The Labute approximate surface area is 105 Å². The van der Waals surface area contributed by atoms with Crippen molar-refractivity contribution in [2.45, 2.75) is 6.54 Å². The van der Waals surface area contributed by atoms with Gasteiger partial charge in [-0.15, -0.1) is 0 Å². The van der Waals surface area contributed by atoms with Crippen LogP contribution < -0.4 is 0 Å². The SMILES string of the molecule is O=C(O)CN1CCN(Cc2cncc(F)c2)CC1. The van der Waals surface area contributed by atoms with Gasteiger partial charge in [0.1, 0.15) is 5.82 Å². The molecule has 1 N–H and O–H groups in total. The van der Waals surface area contributed by atoms with Crippen LogP contribution in [0.2, 0.25) is 0 Å². The Morgan fingerprint density at radius 3 is 2.56 bits per heavy atom. The molecule has 1 saturated heterocycles. The van der Waals surface area contributed by atoms with Crippen LogP contribution in [-0.4, -0.2) is 58.6 Å². The van der Waals surface area contributed by atoms with Crippen molar-refractivity contribution in [2.24, 2.45) is 0 Å².